The van der Waals surface area contributed by atoms with Gasteiger partial charge in [-0.3, -0.25) is 0 Å². The van der Waals surface area contributed by atoms with E-state index in [1.54, 1.807) is 0 Å². The molecular weight excluding hydrogens is 196 g/mol. The fraction of sp³-hybridized carbons (Fsp3) is 1.00. The van der Waals surface area contributed by atoms with Gasteiger partial charge in [0.05, 0.1) is 5.60 Å². The van der Waals surface area contributed by atoms with Crippen LogP contribution in [0.25, 0.3) is 0 Å². The van der Waals surface area contributed by atoms with Gasteiger partial charge >= 0.3 is 0 Å². The first kappa shape index (κ1) is 16.0. The molecule has 1 unspecified atom stereocenters. The van der Waals surface area contributed by atoms with Crippen LogP contribution in [0.1, 0.15) is 85.5 Å². The van der Waals surface area contributed by atoms with Crippen LogP contribution in [-0.4, -0.2) is 10.7 Å². The van der Waals surface area contributed by atoms with E-state index in [2.05, 4.69) is 13.8 Å². The molecule has 0 aliphatic rings. The molecule has 0 rings (SSSR count). The lowest BCUT2D eigenvalue weighted by Gasteiger charge is -2.29. The molecule has 0 radical (unpaired) electrons. The summed E-state index contributed by atoms with van der Waals surface area (Å²) in [7, 11) is 0. The number of hydrogen-bond donors (Lipinski definition) is 1. The van der Waals surface area contributed by atoms with Gasteiger partial charge in [0.15, 0.2) is 0 Å². The van der Waals surface area contributed by atoms with Crippen molar-refractivity contribution in [3.05, 3.63) is 0 Å². The molecule has 0 aliphatic heterocycles. The van der Waals surface area contributed by atoms with Crippen LogP contribution in [-0.2, 0) is 0 Å². The fourth-order valence-electron chi connectivity index (χ4n) is 2.30. The van der Waals surface area contributed by atoms with Crippen molar-refractivity contribution in [2.75, 3.05) is 0 Å². The summed E-state index contributed by atoms with van der Waals surface area (Å²) in [6.07, 6.45) is 11.5. The Hall–Kier alpha value is -0.0400. The zero-order chi connectivity index (χ0) is 12.4. The van der Waals surface area contributed by atoms with Gasteiger partial charge in [0, 0.05) is 0 Å². The summed E-state index contributed by atoms with van der Waals surface area (Å²) in [5.41, 5.74) is -0.486. The fourth-order valence-corrected chi connectivity index (χ4v) is 2.30. The predicted octanol–water partition coefficient (Wildman–Crippen LogP) is 4.92. The van der Waals surface area contributed by atoms with Crippen molar-refractivity contribution < 1.29 is 5.11 Å². The van der Waals surface area contributed by atoms with Crippen LogP contribution in [0, 0.1) is 5.92 Å². The summed E-state index contributed by atoms with van der Waals surface area (Å²) in [5, 5.41) is 10.1. The Balaban J connectivity index is 3.75. The third-order valence-corrected chi connectivity index (χ3v) is 3.56. The van der Waals surface area contributed by atoms with Crippen LogP contribution < -0.4 is 0 Å². The molecule has 0 aromatic carbocycles. The summed E-state index contributed by atoms with van der Waals surface area (Å²) < 4.78 is 0. The predicted molar refractivity (Wildman–Crippen MR) is 72.7 cm³/mol. The highest BCUT2D eigenvalue weighted by Gasteiger charge is 2.25. The highest BCUT2D eigenvalue weighted by molar-refractivity contribution is 4.77. The second-order valence-corrected chi connectivity index (χ2v) is 5.70. The number of aliphatic hydroxyl groups is 1. The molecule has 0 spiro atoms. The van der Waals surface area contributed by atoms with Gasteiger partial charge in [-0.25, -0.2) is 0 Å². The van der Waals surface area contributed by atoms with E-state index < -0.39 is 5.60 Å². The van der Waals surface area contributed by atoms with Crippen LogP contribution in [0.2, 0.25) is 0 Å². The van der Waals surface area contributed by atoms with Gasteiger partial charge in [-0.2, -0.15) is 0 Å². The first-order valence-electron chi connectivity index (χ1n) is 7.24. The van der Waals surface area contributed by atoms with Crippen LogP contribution in [0.15, 0.2) is 0 Å². The lowest BCUT2D eigenvalue weighted by atomic mass is 9.82. The van der Waals surface area contributed by atoms with E-state index in [0.29, 0.717) is 5.92 Å². The van der Waals surface area contributed by atoms with E-state index in [0.717, 1.165) is 0 Å². The molecule has 1 nitrogen and oxygen atoms in total. The second-order valence-electron chi connectivity index (χ2n) is 5.70. The maximum atomic E-state index is 10.1. The molecular formula is C15H32O. The Morgan fingerprint density at radius 2 is 1.31 bits per heavy atom. The van der Waals surface area contributed by atoms with Gasteiger partial charge in [0.2, 0.25) is 0 Å². The average Bonchev–Trinajstić information content (AvgIpc) is 2.20. The van der Waals surface area contributed by atoms with Crippen LogP contribution in [0.3, 0.4) is 0 Å². The summed E-state index contributed by atoms with van der Waals surface area (Å²) in [5.74, 6) is 0.495. The Kier molecular flexibility index (Phi) is 9.02. The molecule has 1 N–H and O–H groups in total. The van der Waals surface area contributed by atoms with E-state index in [4.69, 9.17) is 0 Å². The number of hydrogen-bond acceptors (Lipinski definition) is 1. The van der Waals surface area contributed by atoms with Crippen LogP contribution in [0.4, 0.5) is 0 Å². The van der Waals surface area contributed by atoms with E-state index >= 15 is 0 Å². The first-order valence-corrected chi connectivity index (χ1v) is 7.24. The second kappa shape index (κ2) is 9.04. The molecule has 1 atom stereocenters. The van der Waals surface area contributed by atoms with Gasteiger partial charge < -0.3 is 5.11 Å². The number of unbranched alkanes of at least 4 members (excludes halogenated alkanes) is 5. The molecule has 0 aromatic heterocycles. The molecule has 98 valence electrons. The molecule has 0 amide bonds. The lowest BCUT2D eigenvalue weighted by Crippen LogP contribution is -2.30. The molecule has 0 bridgehead atoms. The summed E-state index contributed by atoms with van der Waals surface area (Å²) in [6.45, 7) is 8.42. The van der Waals surface area contributed by atoms with Crippen LogP contribution >= 0.6 is 0 Å². The van der Waals surface area contributed by atoms with Gasteiger partial charge in [-0.1, -0.05) is 58.8 Å². The lowest BCUT2D eigenvalue weighted by molar-refractivity contribution is 0.00736. The Labute approximate surface area is 103 Å². The largest absolute Gasteiger partial charge is 0.390 e. The molecule has 0 heterocycles. The molecule has 1 heteroatoms. The quantitative estimate of drug-likeness (QED) is 0.526. The Morgan fingerprint density at radius 3 is 1.81 bits per heavy atom. The summed E-state index contributed by atoms with van der Waals surface area (Å²) in [4.78, 5) is 0. The minimum atomic E-state index is -0.486. The highest BCUT2D eigenvalue weighted by Crippen LogP contribution is 2.27. The van der Waals surface area contributed by atoms with Crippen molar-refractivity contribution in [1.29, 1.82) is 0 Å². The van der Waals surface area contributed by atoms with Gasteiger partial charge in [-0.15, -0.1) is 0 Å². The van der Waals surface area contributed by atoms with Crippen molar-refractivity contribution >= 4 is 0 Å². The number of rotatable bonds is 10. The monoisotopic (exact) mass is 228 g/mol. The van der Waals surface area contributed by atoms with Crippen molar-refractivity contribution in [2.24, 2.45) is 5.92 Å². The maximum absolute atomic E-state index is 10.1. The van der Waals surface area contributed by atoms with Gasteiger partial charge in [0.25, 0.3) is 0 Å². The van der Waals surface area contributed by atoms with Gasteiger partial charge in [-0.05, 0) is 32.6 Å². The topological polar surface area (TPSA) is 20.2 Å². The SMILES string of the molecule is CCCCCCCC(CCCC)C(C)(C)O. The Morgan fingerprint density at radius 1 is 0.812 bits per heavy atom. The third-order valence-electron chi connectivity index (χ3n) is 3.56. The molecule has 0 saturated carbocycles. The van der Waals surface area contributed by atoms with Crippen molar-refractivity contribution in [3.63, 3.8) is 0 Å². The standard InChI is InChI=1S/C15H32O/c1-5-7-9-10-11-13-14(12-8-6-2)15(3,4)16/h14,16H,5-13H2,1-4H3. The van der Waals surface area contributed by atoms with Crippen LogP contribution in [0.5, 0.6) is 0 Å². The molecule has 0 fully saturated rings. The molecule has 0 saturated heterocycles. The average molecular weight is 228 g/mol. The summed E-state index contributed by atoms with van der Waals surface area (Å²) >= 11 is 0. The van der Waals surface area contributed by atoms with E-state index in [1.807, 2.05) is 13.8 Å². The molecule has 0 aliphatic carbocycles. The summed E-state index contributed by atoms with van der Waals surface area (Å²) in [6, 6.07) is 0. The third kappa shape index (κ3) is 8.15. The maximum Gasteiger partial charge on any atom is 0.0619 e. The zero-order valence-corrected chi connectivity index (χ0v) is 11.9. The van der Waals surface area contributed by atoms with E-state index in [9.17, 15) is 5.11 Å². The minimum Gasteiger partial charge on any atom is -0.390 e. The molecule has 16 heavy (non-hydrogen) atoms. The van der Waals surface area contributed by atoms with Crippen molar-refractivity contribution in [1.82, 2.24) is 0 Å². The van der Waals surface area contributed by atoms with Crippen molar-refractivity contribution in [2.45, 2.75) is 91.1 Å². The van der Waals surface area contributed by atoms with E-state index in [-0.39, 0.29) is 0 Å². The zero-order valence-electron chi connectivity index (χ0n) is 11.9. The highest BCUT2D eigenvalue weighted by atomic mass is 16.3. The molecule has 0 aromatic rings. The normalized spacial score (nSPS) is 14.1. The minimum absolute atomic E-state index is 0.486. The van der Waals surface area contributed by atoms with Gasteiger partial charge in [0.1, 0.15) is 0 Å². The smallest absolute Gasteiger partial charge is 0.0619 e. The van der Waals surface area contributed by atoms with E-state index in [1.165, 1.54) is 57.8 Å². The Bertz CT molecular complexity index is 146. The van der Waals surface area contributed by atoms with Crippen molar-refractivity contribution in [3.8, 4) is 0 Å². The first-order chi connectivity index (χ1) is 7.52.